The molecule has 0 radical (unpaired) electrons. The molecule has 0 aliphatic carbocycles. The van der Waals surface area contributed by atoms with E-state index < -0.39 is 27.6 Å². The van der Waals surface area contributed by atoms with E-state index >= 15 is 0 Å². The number of hydrogen-bond acceptors (Lipinski definition) is 5. The van der Waals surface area contributed by atoms with Gasteiger partial charge >= 0.3 is 0 Å². The largest absolute Gasteiger partial charge is 0.303 e. The second-order valence-corrected chi connectivity index (χ2v) is 3.24. The lowest BCUT2D eigenvalue weighted by atomic mass is 10.1. The first-order chi connectivity index (χ1) is 7.47. The van der Waals surface area contributed by atoms with Gasteiger partial charge < -0.3 is 4.79 Å². The summed E-state index contributed by atoms with van der Waals surface area (Å²) in [6.07, 6.45) is -0.0347. The second kappa shape index (κ2) is 4.67. The predicted molar refractivity (Wildman–Crippen MR) is 54.5 cm³/mol. The first-order valence-corrected chi connectivity index (χ1v) is 4.40. The summed E-state index contributed by atoms with van der Waals surface area (Å²) in [5, 5.41) is 21.1. The third-order valence-electron chi connectivity index (χ3n) is 1.85. The molecule has 0 N–H and O–H groups in total. The van der Waals surface area contributed by atoms with Gasteiger partial charge in [0.15, 0.2) is 0 Å². The van der Waals surface area contributed by atoms with Crippen molar-refractivity contribution in [2.45, 2.75) is 6.42 Å². The van der Waals surface area contributed by atoms with Gasteiger partial charge in [-0.05, 0) is 0 Å². The molecule has 0 heterocycles. The molecule has 8 heteroatoms. The quantitative estimate of drug-likeness (QED) is 0.457. The number of carbonyl (C=O) groups excluding carboxylic acids is 1. The molecule has 0 unspecified atom stereocenters. The Bertz CT molecular complexity index is 438. The van der Waals surface area contributed by atoms with Gasteiger partial charge in [0.1, 0.15) is 11.8 Å². The monoisotopic (exact) mass is 244 g/mol. The Labute approximate surface area is 93.9 Å². The SMILES string of the molecule is O=CCc1c([N+](=O)[O-])cc(Cl)cc1[N+](=O)[O-]. The lowest BCUT2D eigenvalue weighted by Crippen LogP contribution is -2.02. The highest BCUT2D eigenvalue weighted by Crippen LogP contribution is 2.32. The Morgan fingerprint density at radius 1 is 1.19 bits per heavy atom. The van der Waals surface area contributed by atoms with Crippen molar-refractivity contribution in [3.63, 3.8) is 0 Å². The molecule has 7 nitrogen and oxygen atoms in total. The Hall–Kier alpha value is -2.02. The zero-order valence-corrected chi connectivity index (χ0v) is 8.51. The molecule has 0 fully saturated rings. The zero-order chi connectivity index (χ0) is 12.3. The Morgan fingerprint density at radius 3 is 1.94 bits per heavy atom. The average molecular weight is 245 g/mol. The lowest BCUT2D eigenvalue weighted by molar-refractivity contribution is -0.395. The summed E-state index contributed by atoms with van der Waals surface area (Å²) in [6, 6.07) is 1.96. The summed E-state index contributed by atoms with van der Waals surface area (Å²) < 4.78 is 0. The van der Waals surface area contributed by atoms with Crippen LogP contribution in [0.1, 0.15) is 5.56 Å². The van der Waals surface area contributed by atoms with Gasteiger partial charge in [0, 0.05) is 18.6 Å². The van der Waals surface area contributed by atoms with E-state index in [9.17, 15) is 25.0 Å². The van der Waals surface area contributed by atoms with Crippen LogP contribution >= 0.6 is 11.6 Å². The summed E-state index contributed by atoms with van der Waals surface area (Å²) in [5.74, 6) is 0. The minimum absolute atomic E-state index is 0.118. The molecule has 0 aliphatic heterocycles. The number of nitrogens with zero attached hydrogens (tertiary/aromatic N) is 2. The highest BCUT2D eigenvalue weighted by atomic mass is 35.5. The summed E-state index contributed by atoms with van der Waals surface area (Å²) in [5.41, 5.74) is -1.29. The molecule has 0 saturated carbocycles. The topological polar surface area (TPSA) is 103 Å². The van der Waals surface area contributed by atoms with Crippen molar-refractivity contribution in [2.75, 3.05) is 0 Å². The van der Waals surface area contributed by atoms with Gasteiger partial charge in [0.25, 0.3) is 11.4 Å². The molecule has 0 aliphatic rings. The van der Waals surface area contributed by atoms with Crippen LogP contribution in [-0.4, -0.2) is 16.1 Å². The van der Waals surface area contributed by atoms with Gasteiger partial charge in [-0.25, -0.2) is 0 Å². The third kappa shape index (κ3) is 2.31. The summed E-state index contributed by atoms with van der Waals surface area (Å²) in [4.78, 5) is 30.0. The average Bonchev–Trinajstić information content (AvgIpc) is 2.19. The van der Waals surface area contributed by atoms with Crippen molar-refractivity contribution < 1.29 is 14.6 Å². The van der Waals surface area contributed by atoms with Crippen LogP contribution in [0.4, 0.5) is 11.4 Å². The molecule has 0 bridgehead atoms. The van der Waals surface area contributed by atoms with Crippen molar-refractivity contribution in [1.82, 2.24) is 0 Å². The van der Waals surface area contributed by atoms with Crippen LogP contribution in [0.15, 0.2) is 12.1 Å². The summed E-state index contributed by atoms with van der Waals surface area (Å²) in [7, 11) is 0. The first-order valence-electron chi connectivity index (χ1n) is 4.02. The number of halogens is 1. The number of nitro groups is 2. The van der Waals surface area contributed by atoms with Crippen molar-refractivity contribution in [2.24, 2.45) is 0 Å². The van der Waals surface area contributed by atoms with Crippen LogP contribution in [0.25, 0.3) is 0 Å². The van der Waals surface area contributed by atoms with E-state index in [0.717, 1.165) is 12.1 Å². The van der Waals surface area contributed by atoms with Crippen LogP contribution in [0, 0.1) is 20.2 Å². The van der Waals surface area contributed by atoms with E-state index in [4.69, 9.17) is 11.6 Å². The number of aldehydes is 1. The van der Waals surface area contributed by atoms with Crippen LogP contribution in [0.3, 0.4) is 0 Å². The van der Waals surface area contributed by atoms with E-state index in [1.54, 1.807) is 0 Å². The number of nitro benzene ring substituents is 2. The third-order valence-corrected chi connectivity index (χ3v) is 2.07. The standard InChI is InChI=1S/C8H5ClN2O5/c9-5-3-7(10(13)14)6(1-2-12)8(4-5)11(15)16/h2-4H,1H2. The molecule has 0 amide bonds. The summed E-state index contributed by atoms with van der Waals surface area (Å²) >= 11 is 5.51. The maximum atomic E-state index is 10.6. The fourth-order valence-electron chi connectivity index (χ4n) is 1.23. The van der Waals surface area contributed by atoms with Gasteiger partial charge in [-0.15, -0.1) is 0 Å². The van der Waals surface area contributed by atoms with Crippen LogP contribution in [0.5, 0.6) is 0 Å². The van der Waals surface area contributed by atoms with E-state index in [1.807, 2.05) is 0 Å². The maximum absolute atomic E-state index is 10.6. The number of benzene rings is 1. The highest BCUT2D eigenvalue weighted by molar-refractivity contribution is 6.31. The van der Waals surface area contributed by atoms with Crippen LogP contribution < -0.4 is 0 Å². The minimum Gasteiger partial charge on any atom is -0.303 e. The van der Waals surface area contributed by atoms with E-state index in [-0.39, 0.29) is 10.6 Å². The Morgan fingerprint density at radius 2 is 1.62 bits per heavy atom. The molecular formula is C8H5ClN2O5. The number of hydrogen-bond donors (Lipinski definition) is 0. The molecular weight excluding hydrogens is 240 g/mol. The van der Waals surface area contributed by atoms with Crippen molar-refractivity contribution in [3.05, 3.63) is 42.9 Å². The molecule has 16 heavy (non-hydrogen) atoms. The summed E-state index contributed by atoms with van der Waals surface area (Å²) in [6.45, 7) is 0. The molecule has 0 aromatic heterocycles. The molecule has 0 saturated heterocycles. The van der Waals surface area contributed by atoms with Crippen molar-refractivity contribution in [3.8, 4) is 0 Å². The van der Waals surface area contributed by atoms with Gasteiger partial charge in [0.05, 0.1) is 14.9 Å². The first kappa shape index (κ1) is 12.1. The van der Waals surface area contributed by atoms with Crippen molar-refractivity contribution >= 4 is 29.3 Å². The van der Waals surface area contributed by atoms with Gasteiger partial charge in [-0.2, -0.15) is 0 Å². The molecule has 0 atom stereocenters. The fourth-order valence-corrected chi connectivity index (χ4v) is 1.43. The van der Waals surface area contributed by atoms with Gasteiger partial charge in [-0.3, -0.25) is 20.2 Å². The van der Waals surface area contributed by atoms with Gasteiger partial charge in [-0.1, -0.05) is 11.6 Å². The van der Waals surface area contributed by atoms with Crippen LogP contribution in [0.2, 0.25) is 5.02 Å². The van der Waals surface area contributed by atoms with Gasteiger partial charge in [0.2, 0.25) is 0 Å². The normalized spacial score (nSPS) is 9.81. The molecule has 1 aromatic rings. The molecule has 0 spiro atoms. The smallest absolute Gasteiger partial charge is 0.281 e. The number of rotatable bonds is 4. The Kier molecular flexibility index (Phi) is 3.51. The van der Waals surface area contributed by atoms with E-state index in [2.05, 4.69) is 0 Å². The molecule has 1 aromatic carbocycles. The lowest BCUT2D eigenvalue weighted by Gasteiger charge is -2.01. The highest BCUT2D eigenvalue weighted by Gasteiger charge is 2.25. The van der Waals surface area contributed by atoms with E-state index in [1.165, 1.54) is 0 Å². The molecule has 84 valence electrons. The number of carbonyl (C=O) groups is 1. The minimum atomic E-state index is -0.808. The van der Waals surface area contributed by atoms with Crippen LogP contribution in [-0.2, 0) is 11.2 Å². The second-order valence-electron chi connectivity index (χ2n) is 2.81. The molecule has 1 rings (SSSR count). The zero-order valence-electron chi connectivity index (χ0n) is 7.75. The maximum Gasteiger partial charge on any atom is 0.281 e. The predicted octanol–water partition coefficient (Wildman–Crippen LogP) is 1.90. The van der Waals surface area contributed by atoms with E-state index in [0.29, 0.717) is 6.29 Å². The Balaban J connectivity index is 3.52. The fraction of sp³-hybridized carbons (Fsp3) is 0.125. The van der Waals surface area contributed by atoms with Crippen molar-refractivity contribution in [1.29, 1.82) is 0 Å².